The number of aliphatic carboxylic acids is 1. The SMILES string of the molecule is CCNC(=O)NC(C(=O)O)C(C)O. The fourth-order valence-electron chi connectivity index (χ4n) is 0.742. The van der Waals surface area contributed by atoms with Gasteiger partial charge in [0.15, 0.2) is 6.04 Å². The third-order valence-corrected chi connectivity index (χ3v) is 1.37. The van der Waals surface area contributed by atoms with Crippen LogP contribution in [-0.4, -0.2) is 40.9 Å². The Morgan fingerprint density at radius 1 is 1.46 bits per heavy atom. The number of carbonyl (C=O) groups is 2. The van der Waals surface area contributed by atoms with Crippen LogP contribution in [0.4, 0.5) is 4.79 Å². The molecule has 0 radical (unpaired) electrons. The molecular formula is C7H14N2O4. The molecule has 0 aromatic carbocycles. The fraction of sp³-hybridized carbons (Fsp3) is 0.714. The normalized spacial score (nSPS) is 14.4. The van der Waals surface area contributed by atoms with E-state index < -0.39 is 24.1 Å². The summed E-state index contributed by atoms with van der Waals surface area (Å²) in [4.78, 5) is 21.3. The Morgan fingerprint density at radius 3 is 2.31 bits per heavy atom. The molecule has 0 aliphatic heterocycles. The maximum atomic E-state index is 10.9. The van der Waals surface area contributed by atoms with Crippen molar-refractivity contribution in [2.24, 2.45) is 0 Å². The summed E-state index contributed by atoms with van der Waals surface area (Å²) in [5.41, 5.74) is 0. The minimum Gasteiger partial charge on any atom is -0.480 e. The topological polar surface area (TPSA) is 98.7 Å². The van der Waals surface area contributed by atoms with Gasteiger partial charge in [-0.25, -0.2) is 9.59 Å². The van der Waals surface area contributed by atoms with Gasteiger partial charge in [0.1, 0.15) is 0 Å². The summed E-state index contributed by atoms with van der Waals surface area (Å²) in [7, 11) is 0. The molecule has 0 aliphatic rings. The van der Waals surface area contributed by atoms with Gasteiger partial charge >= 0.3 is 12.0 Å². The quantitative estimate of drug-likeness (QED) is 0.463. The van der Waals surface area contributed by atoms with E-state index in [1.165, 1.54) is 6.92 Å². The second-order valence-corrected chi connectivity index (χ2v) is 2.56. The van der Waals surface area contributed by atoms with Gasteiger partial charge in [-0.2, -0.15) is 0 Å². The lowest BCUT2D eigenvalue weighted by Crippen LogP contribution is -2.51. The monoisotopic (exact) mass is 190 g/mol. The number of rotatable bonds is 4. The van der Waals surface area contributed by atoms with Crippen LogP contribution in [0.25, 0.3) is 0 Å². The average molecular weight is 190 g/mol. The van der Waals surface area contributed by atoms with Gasteiger partial charge in [-0.15, -0.1) is 0 Å². The van der Waals surface area contributed by atoms with Gasteiger partial charge < -0.3 is 20.8 Å². The van der Waals surface area contributed by atoms with E-state index >= 15 is 0 Å². The highest BCUT2D eigenvalue weighted by molar-refractivity contribution is 5.82. The molecule has 0 aliphatic carbocycles. The average Bonchev–Trinajstić information content (AvgIpc) is 1.99. The molecular weight excluding hydrogens is 176 g/mol. The number of nitrogens with one attached hydrogen (secondary N) is 2. The van der Waals surface area contributed by atoms with Gasteiger partial charge in [0.25, 0.3) is 0 Å². The summed E-state index contributed by atoms with van der Waals surface area (Å²) in [6, 6.07) is -1.87. The summed E-state index contributed by atoms with van der Waals surface area (Å²) in [6.45, 7) is 3.40. The largest absolute Gasteiger partial charge is 0.480 e. The molecule has 0 rings (SSSR count). The number of carboxylic acids is 1. The Hall–Kier alpha value is -1.30. The van der Waals surface area contributed by atoms with Crippen LogP contribution in [0.15, 0.2) is 0 Å². The number of carboxylic acid groups (broad SMARTS) is 1. The lowest BCUT2D eigenvalue weighted by atomic mass is 10.2. The standard InChI is InChI=1S/C7H14N2O4/c1-3-8-7(13)9-5(4(2)10)6(11)12/h4-5,10H,3H2,1-2H3,(H,11,12)(H2,8,9,13). The smallest absolute Gasteiger partial charge is 0.328 e. The van der Waals surface area contributed by atoms with E-state index in [4.69, 9.17) is 10.2 Å². The zero-order chi connectivity index (χ0) is 10.4. The number of aliphatic hydroxyl groups excluding tert-OH is 1. The number of carbonyl (C=O) groups excluding carboxylic acids is 1. The molecule has 0 fully saturated rings. The molecule has 0 aromatic heterocycles. The minimum absolute atomic E-state index is 0.401. The first-order chi connectivity index (χ1) is 5.99. The molecule has 6 heteroatoms. The molecule has 0 spiro atoms. The van der Waals surface area contributed by atoms with E-state index in [1.54, 1.807) is 6.92 Å². The Morgan fingerprint density at radius 2 is 2.00 bits per heavy atom. The number of aliphatic hydroxyl groups is 1. The zero-order valence-electron chi connectivity index (χ0n) is 7.57. The Labute approximate surface area is 75.9 Å². The van der Waals surface area contributed by atoms with Crippen molar-refractivity contribution in [3.05, 3.63) is 0 Å². The molecule has 0 saturated carbocycles. The predicted molar refractivity (Wildman–Crippen MR) is 45.3 cm³/mol. The predicted octanol–water partition coefficient (Wildman–Crippen LogP) is -0.860. The molecule has 6 nitrogen and oxygen atoms in total. The van der Waals surface area contributed by atoms with E-state index in [0.717, 1.165) is 0 Å². The van der Waals surface area contributed by atoms with Crippen molar-refractivity contribution in [1.29, 1.82) is 0 Å². The van der Waals surface area contributed by atoms with Gasteiger partial charge in [-0.05, 0) is 13.8 Å². The van der Waals surface area contributed by atoms with Crippen molar-refractivity contribution >= 4 is 12.0 Å². The molecule has 0 bridgehead atoms. The van der Waals surface area contributed by atoms with Crippen LogP contribution < -0.4 is 10.6 Å². The highest BCUT2D eigenvalue weighted by atomic mass is 16.4. The van der Waals surface area contributed by atoms with Crippen LogP contribution in [-0.2, 0) is 4.79 Å². The maximum absolute atomic E-state index is 10.9. The summed E-state index contributed by atoms with van der Waals surface area (Å²) < 4.78 is 0. The Kier molecular flexibility index (Phi) is 4.83. The van der Waals surface area contributed by atoms with Crippen molar-refractivity contribution in [2.75, 3.05) is 6.54 Å². The van der Waals surface area contributed by atoms with E-state index in [2.05, 4.69) is 10.6 Å². The zero-order valence-corrected chi connectivity index (χ0v) is 7.57. The van der Waals surface area contributed by atoms with Crippen molar-refractivity contribution in [2.45, 2.75) is 26.0 Å². The molecule has 2 atom stereocenters. The van der Waals surface area contributed by atoms with E-state index in [9.17, 15) is 9.59 Å². The summed E-state index contributed by atoms with van der Waals surface area (Å²) >= 11 is 0. The van der Waals surface area contributed by atoms with Crippen molar-refractivity contribution < 1.29 is 19.8 Å². The van der Waals surface area contributed by atoms with Crippen molar-refractivity contribution in [3.63, 3.8) is 0 Å². The first-order valence-electron chi connectivity index (χ1n) is 3.94. The highest BCUT2D eigenvalue weighted by Crippen LogP contribution is 1.92. The highest BCUT2D eigenvalue weighted by Gasteiger charge is 2.24. The van der Waals surface area contributed by atoms with Gasteiger partial charge in [0.2, 0.25) is 0 Å². The molecule has 4 N–H and O–H groups in total. The second kappa shape index (κ2) is 5.36. The van der Waals surface area contributed by atoms with Gasteiger partial charge in [0, 0.05) is 6.54 Å². The van der Waals surface area contributed by atoms with Crippen molar-refractivity contribution in [1.82, 2.24) is 10.6 Å². The first-order valence-corrected chi connectivity index (χ1v) is 3.94. The van der Waals surface area contributed by atoms with Crippen LogP contribution in [0.5, 0.6) is 0 Å². The van der Waals surface area contributed by atoms with Gasteiger partial charge in [0.05, 0.1) is 6.10 Å². The van der Waals surface area contributed by atoms with E-state index in [-0.39, 0.29) is 0 Å². The van der Waals surface area contributed by atoms with Crippen LogP contribution in [0.3, 0.4) is 0 Å². The molecule has 0 saturated heterocycles. The Balaban J connectivity index is 4.10. The minimum atomic E-state index is -1.27. The molecule has 13 heavy (non-hydrogen) atoms. The van der Waals surface area contributed by atoms with Crippen LogP contribution in [0.2, 0.25) is 0 Å². The second-order valence-electron chi connectivity index (χ2n) is 2.56. The van der Waals surface area contributed by atoms with Gasteiger partial charge in [-0.1, -0.05) is 0 Å². The van der Waals surface area contributed by atoms with E-state index in [0.29, 0.717) is 6.54 Å². The number of hydrogen-bond donors (Lipinski definition) is 4. The Bertz CT molecular complexity index is 193. The summed E-state index contributed by atoms with van der Waals surface area (Å²) in [5.74, 6) is -1.26. The van der Waals surface area contributed by atoms with Crippen LogP contribution in [0.1, 0.15) is 13.8 Å². The molecule has 0 aromatic rings. The first kappa shape index (κ1) is 11.7. The van der Waals surface area contributed by atoms with Gasteiger partial charge in [-0.3, -0.25) is 0 Å². The maximum Gasteiger partial charge on any atom is 0.328 e. The van der Waals surface area contributed by atoms with E-state index in [1.807, 2.05) is 0 Å². The molecule has 2 amide bonds. The lowest BCUT2D eigenvalue weighted by molar-refractivity contribution is -0.141. The lowest BCUT2D eigenvalue weighted by Gasteiger charge is -2.16. The van der Waals surface area contributed by atoms with Crippen LogP contribution >= 0.6 is 0 Å². The summed E-state index contributed by atoms with van der Waals surface area (Å²) in [5, 5.41) is 22.0. The summed E-state index contributed by atoms with van der Waals surface area (Å²) in [6.07, 6.45) is -1.12. The number of urea groups is 1. The number of amides is 2. The van der Waals surface area contributed by atoms with Crippen molar-refractivity contribution in [3.8, 4) is 0 Å². The third kappa shape index (κ3) is 4.32. The molecule has 2 unspecified atom stereocenters. The number of hydrogen-bond acceptors (Lipinski definition) is 3. The molecule has 0 heterocycles. The van der Waals surface area contributed by atoms with Crippen LogP contribution in [0, 0.1) is 0 Å². The molecule has 76 valence electrons. The fourth-order valence-corrected chi connectivity index (χ4v) is 0.742. The third-order valence-electron chi connectivity index (χ3n) is 1.37.